The Labute approximate surface area is 209 Å². The molecule has 2 heterocycles. The summed E-state index contributed by atoms with van der Waals surface area (Å²) in [5, 5.41) is 6.25. The summed E-state index contributed by atoms with van der Waals surface area (Å²) in [7, 11) is 0. The van der Waals surface area contributed by atoms with Gasteiger partial charge >= 0.3 is 0 Å². The van der Waals surface area contributed by atoms with Gasteiger partial charge in [0, 0.05) is 17.5 Å². The second-order valence-electron chi connectivity index (χ2n) is 9.30. The van der Waals surface area contributed by atoms with E-state index in [2.05, 4.69) is 75.7 Å². The summed E-state index contributed by atoms with van der Waals surface area (Å²) >= 11 is 0. The minimum atomic E-state index is 0.0189. The highest BCUT2D eigenvalue weighted by atomic mass is 16.1. The van der Waals surface area contributed by atoms with E-state index in [0.29, 0.717) is 22.4 Å². The molecule has 0 radical (unpaired) electrons. The smallest absolute Gasteiger partial charge is 0.192 e. The molecule has 0 fully saturated rings. The predicted molar refractivity (Wildman–Crippen MR) is 145 cm³/mol. The van der Waals surface area contributed by atoms with Gasteiger partial charge in [-0.2, -0.15) is 0 Å². The highest BCUT2D eigenvalue weighted by Gasteiger charge is 2.25. The summed E-state index contributed by atoms with van der Waals surface area (Å²) in [6, 6.07) is 26.9. The second kappa shape index (κ2) is 9.27. The van der Waals surface area contributed by atoms with Crippen LogP contribution < -0.4 is 15.8 Å². The number of ketones is 1. The zero-order chi connectivity index (χ0) is 24.5. The number of aromatic amines is 1. The summed E-state index contributed by atoms with van der Waals surface area (Å²) in [4.78, 5) is 26.0. The van der Waals surface area contributed by atoms with Crippen LogP contribution in [0.3, 0.4) is 0 Å². The number of benzene rings is 3. The van der Waals surface area contributed by atoms with Crippen LogP contribution in [0.2, 0.25) is 0 Å². The lowest BCUT2D eigenvalue weighted by Gasteiger charge is -2.18. The molecular formula is C31H26N4O. The fourth-order valence-corrected chi connectivity index (χ4v) is 5.01. The van der Waals surface area contributed by atoms with E-state index in [-0.39, 0.29) is 11.7 Å². The van der Waals surface area contributed by atoms with Crippen LogP contribution in [0, 0.1) is 5.92 Å². The van der Waals surface area contributed by atoms with E-state index in [1.165, 1.54) is 17.5 Å². The lowest BCUT2D eigenvalue weighted by molar-refractivity contribution is 0.104. The molecule has 36 heavy (non-hydrogen) atoms. The predicted octanol–water partition coefficient (Wildman–Crippen LogP) is 5.15. The third-order valence-electron chi connectivity index (χ3n) is 6.86. The molecule has 3 aromatic carbocycles. The van der Waals surface area contributed by atoms with Crippen LogP contribution in [0.5, 0.6) is 0 Å². The number of anilines is 2. The number of carbonyl (C=O) groups excluding carboxylic acids is 1. The van der Waals surface area contributed by atoms with E-state index in [9.17, 15) is 4.79 Å². The maximum Gasteiger partial charge on any atom is 0.192 e. The van der Waals surface area contributed by atoms with Crippen LogP contribution in [0.25, 0.3) is 22.7 Å². The Morgan fingerprint density at radius 2 is 1.69 bits per heavy atom. The molecule has 1 aliphatic carbocycles. The number of hydrogen-bond acceptors (Lipinski definition) is 4. The first kappa shape index (κ1) is 22.0. The highest BCUT2D eigenvalue weighted by Crippen LogP contribution is 2.30. The van der Waals surface area contributed by atoms with E-state index in [1.54, 1.807) is 6.20 Å². The molecule has 1 aliphatic rings. The van der Waals surface area contributed by atoms with Crippen molar-refractivity contribution in [2.75, 3.05) is 5.32 Å². The summed E-state index contributed by atoms with van der Waals surface area (Å²) in [6.07, 6.45) is 7.21. The molecule has 2 aromatic heterocycles. The number of fused-ring (bicyclic) bond motifs is 2. The van der Waals surface area contributed by atoms with Crippen LogP contribution in [0.4, 0.5) is 11.5 Å². The van der Waals surface area contributed by atoms with Crippen molar-refractivity contribution in [3.63, 3.8) is 0 Å². The molecule has 0 saturated heterocycles. The summed E-state index contributed by atoms with van der Waals surface area (Å²) in [6.45, 7) is 2.11. The molecule has 0 aliphatic heterocycles. The first-order chi connectivity index (χ1) is 17.7. The Morgan fingerprint density at radius 1 is 0.944 bits per heavy atom. The fourth-order valence-electron chi connectivity index (χ4n) is 5.01. The SMILES string of the molecule is CC1CC=c2ccccc2=C1C(=O)c1c[nH]c2ncnc(Nc3ccc(Cc4ccccc4)cc3)c12. The van der Waals surface area contributed by atoms with Gasteiger partial charge in [-0.25, -0.2) is 9.97 Å². The average Bonchev–Trinajstić information content (AvgIpc) is 3.35. The third-order valence-corrected chi connectivity index (χ3v) is 6.86. The van der Waals surface area contributed by atoms with Gasteiger partial charge in [0.25, 0.3) is 0 Å². The Bertz CT molecular complexity index is 1680. The third kappa shape index (κ3) is 4.09. The van der Waals surface area contributed by atoms with Gasteiger partial charge in [0.05, 0.1) is 10.9 Å². The number of hydrogen-bond donors (Lipinski definition) is 2. The fraction of sp³-hybridized carbons (Fsp3) is 0.129. The zero-order valence-electron chi connectivity index (χ0n) is 20.0. The lowest BCUT2D eigenvalue weighted by atomic mass is 9.85. The van der Waals surface area contributed by atoms with Crippen molar-refractivity contribution in [3.05, 3.63) is 119 Å². The minimum Gasteiger partial charge on any atom is -0.345 e. The van der Waals surface area contributed by atoms with Crippen LogP contribution in [-0.4, -0.2) is 20.7 Å². The van der Waals surface area contributed by atoms with E-state index in [0.717, 1.165) is 34.5 Å². The van der Waals surface area contributed by atoms with Crippen LogP contribution >= 0.6 is 0 Å². The van der Waals surface area contributed by atoms with Crippen molar-refractivity contribution in [1.29, 1.82) is 0 Å². The summed E-state index contributed by atoms with van der Waals surface area (Å²) < 4.78 is 0. The average molecular weight is 471 g/mol. The molecule has 5 aromatic rings. The molecule has 0 bridgehead atoms. The molecular weight excluding hydrogens is 444 g/mol. The molecule has 1 unspecified atom stereocenters. The second-order valence-corrected chi connectivity index (χ2v) is 9.30. The molecule has 0 amide bonds. The van der Waals surface area contributed by atoms with Crippen molar-refractivity contribution in [3.8, 4) is 0 Å². The number of nitrogens with zero attached hydrogens (tertiary/aromatic N) is 2. The number of nitrogens with one attached hydrogen (secondary N) is 2. The van der Waals surface area contributed by atoms with E-state index >= 15 is 0 Å². The number of H-pyrrole nitrogens is 1. The Morgan fingerprint density at radius 3 is 2.53 bits per heavy atom. The van der Waals surface area contributed by atoms with Gasteiger partial charge in [-0.3, -0.25) is 4.79 Å². The van der Waals surface area contributed by atoms with Crippen molar-refractivity contribution in [2.45, 2.75) is 19.8 Å². The van der Waals surface area contributed by atoms with Gasteiger partial charge in [0.15, 0.2) is 5.78 Å². The molecule has 2 N–H and O–H groups in total. The first-order valence-electron chi connectivity index (χ1n) is 12.2. The number of aromatic nitrogens is 3. The first-order valence-corrected chi connectivity index (χ1v) is 12.2. The van der Waals surface area contributed by atoms with Gasteiger partial charge in [-0.05, 0) is 52.5 Å². The number of carbonyl (C=O) groups is 1. The zero-order valence-corrected chi connectivity index (χ0v) is 20.0. The topological polar surface area (TPSA) is 70.7 Å². The maximum absolute atomic E-state index is 13.9. The normalized spacial score (nSPS) is 14.8. The minimum absolute atomic E-state index is 0.0189. The molecule has 0 saturated carbocycles. The molecule has 5 heteroatoms. The number of rotatable bonds is 6. The monoisotopic (exact) mass is 470 g/mol. The van der Waals surface area contributed by atoms with E-state index in [1.807, 2.05) is 36.4 Å². The van der Waals surface area contributed by atoms with E-state index in [4.69, 9.17) is 0 Å². The van der Waals surface area contributed by atoms with Crippen LogP contribution in [0.15, 0.2) is 91.4 Å². The maximum atomic E-state index is 13.9. The van der Waals surface area contributed by atoms with Gasteiger partial charge < -0.3 is 10.3 Å². The molecule has 6 rings (SSSR count). The van der Waals surface area contributed by atoms with Crippen LogP contribution in [-0.2, 0) is 6.42 Å². The lowest BCUT2D eigenvalue weighted by Crippen LogP contribution is -2.34. The summed E-state index contributed by atoms with van der Waals surface area (Å²) in [5.41, 5.74) is 5.49. The summed E-state index contributed by atoms with van der Waals surface area (Å²) in [5.74, 6) is 0.769. The highest BCUT2D eigenvalue weighted by molar-refractivity contribution is 6.29. The van der Waals surface area contributed by atoms with Gasteiger partial charge in [0.2, 0.25) is 0 Å². The number of Topliss-reactive ketones (excluding diaryl/α,β-unsaturated/α-hetero) is 1. The Hall–Kier alpha value is -4.51. The van der Waals surface area contributed by atoms with E-state index < -0.39 is 0 Å². The quantitative estimate of drug-likeness (QED) is 0.337. The molecule has 176 valence electrons. The molecule has 5 nitrogen and oxygen atoms in total. The van der Waals surface area contributed by atoms with Crippen LogP contribution in [0.1, 0.15) is 34.8 Å². The van der Waals surface area contributed by atoms with Crippen molar-refractivity contribution in [1.82, 2.24) is 15.0 Å². The van der Waals surface area contributed by atoms with Gasteiger partial charge in [-0.1, -0.05) is 79.7 Å². The Balaban J connectivity index is 1.35. The largest absolute Gasteiger partial charge is 0.345 e. The van der Waals surface area contributed by atoms with Gasteiger partial charge in [0.1, 0.15) is 17.8 Å². The van der Waals surface area contributed by atoms with Crippen molar-refractivity contribution < 1.29 is 4.79 Å². The van der Waals surface area contributed by atoms with Gasteiger partial charge in [-0.15, -0.1) is 0 Å². The standard InChI is InChI=1S/C31H26N4O/c1-20-11-14-23-9-5-6-10-25(23)27(20)29(36)26-18-32-30-28(26)31(34-19-33-30)35-24-15-12-22(13-16-24)17-21-7-3-2-4-8-21/h2-10,12-16,18-20H,11,17H2,1H3,(H2,32,33,34,35). The van der Waals surface area contributed by atoms with Crippen molar-refractivity contribution >= 4 is 40.0 Å². The molecule has 0 spiro atoms. The molecule has 1 atom stereocenters. The Kier molecular flexibility index (Phi) is 5.66. The van der Waals surface area contributed by atoms with Crippen molar-refractivity contribution in [2.24, 2.45) is 5.92 Å².